The standard InChI is InChI=1S/C53H90N7O18P3S/c1-4-5-6-7-8-9-10-11-12-13-14-15-16-17-18-19-20-21-22-23-24-25-26-27-28-29-30-31-41(61)36-44(63)82-35-34-55-43(62)32-33-56-51(66)48(65)53(2,3)38-75-81(72,73)78-80(70,71)74-37-42-47(77-79(67,68)69)46(64)52(76-42)60-40-59-45-49(54)57-39-58-50(45)60/h8-9,11-12,14-15,17-18,39-42,46-48,52,61,64-65H,4-7,10,13,16,19-38H2,1-3H3,(H,55,62)(H,56,66)(H,70,71)(H,72,73)(H2,54,57,58)(H2,67,68,69)/p-4/b9-8-,12-11-,15-14-,18-17-/t41-,42-,46-,47-,48+,52-/m1/s1. The van der Waals surface area contributed by atoms with Crippen molar-refractivity contribution in [2.24, 2.45) is 5.41 Å². The molecule has 2 aromatic heterocycles. The second kappa shape index (κ2) is 39.2. The summed E-state index contributed by atoms with van der Waals surface area (Å²) in [6.45, 7) is 2.22. The Bertz CT molecular complexity index is 2480. The number of rotatable bonds is 45. The lowest BCUT2D eigenvalue weighted by atomic mass is 9.87. The lowest BCUT2D eigenvalue weighted by Gasteiger charge is -2.36. The molecule has 0 bridgehead atoms. The van der Waals surface area contributed by atoms with Crippen LogP contribution in [0.5, 0.6) is 0 Å². The van der Waals surface area contributed by atoms with E-state index in [9.17, 15) is 63.0 Å². The van der Waals surface area contributed by atoms with Gasteiger partial charge in [-0.15, -0.1) is 0 Å². The number of hydrogen-bond donors (Lipinski definition) is 6. The van der Waals surface area contributed by atoms with Crippen molar-refractivity contribution in [1.29, 1.82) is 0 Å². The third kappa shape index (κ3) is 30.5. The number of nitrogen functional groups attached to an aromatic ring is 1. The first kappa shape index (κ1) is 72.7. The maximum Gasteiger partial charge on any atom is 0.274 e. The van der Waals surface area contributed by atoms with Crippen LogP contribution in [0.1, 0.15) is 168 Å². The number of unbranched alkanes of at least 4 members (excludes halogenated alkanes) is 14. The summed E-state index contributed by atoms with van der Waals surface area (Å²) >= 11 is 0.989. The molecule has 82 heavy (non-hydrogen) atoms. The molecule has 0 spiro atoms. The molecule has 2 amide bonds. The fraction of sp³-hybridized carbons (Fsp3) is 0.698. The number of nitrogens with one attached hydrogen (secondary N) is 2. The van der Waals surface area contributed by atoms with Crippen molar-refractivity contribution in [1.82, 2.24) is 30.2 Å². The Morgan fingerprint density at radius 2 is 1.35 bits per heavy atom. The highest BCUT2D eigenvalue weighted by atomic mass is 32.2. The number of fused-ring (bicyclic) bond motifs is 1. The van der Waals surface area contributed by atoms with Gasteiger partial charge >= 0.3 is 0 Å². The first-order valence-corrected chi connectivity index (χ1v) is 33.6. The highest BCUT2D eigenvalue weighted by Gasteiger charge is 2.47. The van der Waals surface area contributed by atoms with Crippen LogP contribution in [-0.2, 0) is 50.7 Å². The fourth-order valence-electron chi connectivity index (χ4n) is 8.42. The number of aromatic nitrogens is 4. The fourth-order valence-corrected chi connectivity index (χ4v) is 11.9. The third-order valence-corrected chi connectivity index (χ3v) is 16.9. The van der Waals surface area contributed by atoms with E-state index in [0.717, 1.165) is 80.4 Å². The van der Waals surface area contributed by atoms with Gasteiger partial charge in [0.15, 0.2) is 22.8 Å². The summed E-state index contributed by atoms with van der Waals surface area (Å²) < 4.78 is 61.0. The lowest BCUT2D eigenvalue weighted by Crippen LogP contribution is -2.46. The average molecular weight is 1230 g/mol. The second-order valence-electron chi connectivity index (χ2n) is 20.6. The van der Waals surface area contributed by atoms with E-state index in [1.54, 1.807) is 0 Å². The van der Waals surface area contributed by atoms with Crippen molar-refractivity contribution in [2.75, 3.05) is 37.8 Å². The van der Waals surface area contributed by atoms with E-state index in [4.69, 9.17) is 10.5 Å². The molecule has 466 valence electrons. The van der Waals surface area contributed by atoms with E-state index in [0.29, 0.717) is 6.42 Å². The van der Waals surface area contributed by atoms with Gasteiger partial charge in [0.1, 0.15) is 36.3 Å². The molecule has 2 aromatic rings. The topological polar surface area (TPSA) is 395 Å². The molecule has 1 saturated heterocycles. The van der Waals surface area contributed by atoms with Crippen molar-refractivity contribution in [2.45, 2.75) is 199 Å². The number of nitrogens with two attached hydrogens (primary N) is 1. The summed E-state index contributed by atoms with van der Waals surface area (Å²) in [6, 6.07) is 0. The third-order valence-electron chi connectivity index (χ3n) is 13.0. The van der Waals surface area contributed by atoms with Crippen molar-refractivity contribution in [3.8, 4) is 0 Å². The van der Waals surface area contributed by atoms with Gasteiger partial charge in [0.2, 0.25) is 11.8 Å². The van der Waals surface area contributed by atoms with Crippen LogP contribution in [0.3, 0.4) is 0 Å². The first-order chi connectivity index (χ1) is 38.9. The number of aliphatic hydroxyl groups excluding tert-OH is 3. The Kier molecular flexibility index (Phi) is 34.8. The molecular weight excluding hydrogens is 1150 g/mol. The summed E-state index contributed by atoms with van der Waals surface area (Å²) in [5, 5.41) is 36.6. The van der Waals surface area contributed by atoms with E-state index < -0.39 is 90.7 Å². The van der Waals surface area contributed by atoms with Crippen molar-refractivity contribution in [3.63, 3.8) is 0 Å². The molecule has 0 radical (unpaired) electrons. The van der Waals surface area contributed by atoms with E-state index in [1.165, 1.54) is 84.5 Å². The number of carbonyl (C=O) groups is 3. The molecule has 25 nitrogen and oxygen atoms in total. The van der Waals surface area contributed by atoms with Gasteiger partial charge in [-0.05, 0) is 51.4 Å². The first-order valence-electron chi connectivity index (χ1n) is 28.2. The van der Waals surface area contributed by atoms with E-state index in [2.05, 4.69) is 99.0 Å². The van der Waals surface area contributed by atoms with E-state index >= 15 is 0 Å². The molecule has 29 heteroatoms. The number of hydrogen-bond acceptors (Lipinski definition) is 23. The van der Waals surface area contributed by atoms with Gasteiger partial charge in [-0.1, -0.05) is 158 Å². The zero-order valence-electron chi connectivity index (χ0n) is 47.4. The number of allylic oxidation sites excluding steroid dienone is 8. The summed E-state index contributed by atoms with van der Waals surface area (Å²) in [5.41, 5.74) is 4.07. The van der Waals surface area contributed by atoms with Crippen LogP contribution in [0.15, 0.2) is 61.3 Å². The number of aliphatic hydroxyl groups is 3. The van der Waals surface area contributed by atoms with E-state index in [-0.39, 0.29) is 53.8 Å². The van der Waals surface area contributed by atoms with Gasteiger partial charge in [-0.3, -0.25) is 28.1 Å². The van der Waals surface area contributed by atoms with Crippen LogP contribution in [0.25, 0.3) is 11.2 Å². The van der Waals surface area contributed by atoms with Gasteiger partial charge in [0.05, 0.1) is 33.5 Å². The normalized spacial score (nSPS) is 19.4. The van der Waals surface area contributed by atoms with Crippen LogP contribution in [-0.4, -0.2) is 114 Å². The molecular formula is C53H86N7O18P3S-4. The Hall–Kier alpha value is -3.52. The number of ether oxygens (including phenoxy) is 1. The molecule has 0 aromatic carbocycles. The van der Waals surface area contributed by atoms with Crippen LogP contribution in [0.4, 0.5) is 5.82 Å². The maximum atomic E-state index is 12.7. The zero-order chi connectivity index (χ0) is 60.4. The highest BCUT2D eigenvalue weighted by molar-refractivity contribution is 8.13. The minimum Gasteiger partial charge on any atom is -0.790 e. The Morgan fingerprint density at radius 1 is 0.793 bits per heavy atom. The number of carbonyl (C=O) groups excluding carboxylic acids is 3. The maximum absolute atomic E-state index is 12.7. The summed E-state index contributed by atoms with van der Waals surface area (Å²) in [4.78, 5) is 97.3. The molecule has 1 fully saturated rings. The zero-order valence-corrected chi connectivity index (χ0v) is 50.9. The second-order valence-corrected chi connectivity index (χ2v) is 25.8. The van der Waals surface area contributed by atoms with E-state index in [1.807, 2.05) is 0 Å². The lowest BCUT2D eigenvalue weighted by molar-refractivity contribution is -0.347. The number of amides is 2. The predicted octanol–water partition coefficient (Wildman–Crippen LogP) is 5.93. The van der Waals surface area contributed by atoms with Gasteiger partial charge in [0, 0.05) is 37.1 Å². The minimum absolute atomic E-state index is 0.00848. The SMILES string of the molecule is CCCCC/C=C\C/C=C\C/C=C\C/C=C\CCCCCCCCCCCCC[C@@H](O)CC(=O)SCCNC(=O)CCNC(=O)[C@H](O)C(C)(C)COP(=O)([O-])OP(=O)([O-])OC[C@H]1O[C@@H](n2cnc3c(N)ncnc32)[C@H](O)[C@@H]1OP(=O)([O-])[O-]. The van der Waals surface area contributed by atoms with Crippen LogP contribution < -0.4 is 35.9 Å². The number of imidazole rings is 1. The Balaban J connectivity index is 1.18. The number of nitrogens with zero attached hydrogens (tertiary/aromatic N) is 4. The van der Waals surface area contributed by atoms with Crippen LogP contribution in [0, 0.1) is 5.41 Å². The van der Waals surface area contributed by atoms with Gasteiger partial charge in [0.25, 0.3) is 15.6 Å². The van der Waals surface area contributed by atoms with Crippen molar-refractivity contribution < 1.29 is 85.6 Å². The van der Waals surface area contributed by atoms with Gasteiger partial charge < -0.3 is 74.1 Å². The largest absolute Gasteiger partial charge is 0.790 e. The number of phosphoric acid groups is 3. The molecule has 8 atom stereocenters. The highest BCUT2D eigenvalue weighted by Crippen LogP contribution is 2.56. The predicted molar refractivity (Wildman–Crippen MR) is 303 cm³/mol. The van der Waals surface area contributed by atoms with Crippen LogP contribution >= 0.6 is 35.2 Å². The Labute approximate surface area is 486 Å². The van der Waals surface area contributed by atoms with Crippen LogP contribution in [0.2, 0.25) is 0 Å². The summed E-state index contributed by atoms with van der Waals surface area (Å²) in [7, 11) is -17.7. The smallest absolute Gasteiger partial charge is 0.274 e. The average Bonchev–Trinajstić information content (AvgIpc) is 4.16. The molecule has 1 aliphatic rings. The molecule has 0 saturated carbocycles. The molecule has 3 heterocycles. The van der Waals surface area contributed by atoms with Gasteiger partial charge in [-0.25, -0.2) is 19.3 Å². The number of anilines is 1. The molecule has 3 rings (SSSR count). The molecule has 7 N–H and O–H groups in total. The van der Waals surface area contributed by atoms with Gasteiger partial charge in [-0.2, -0.15) is 0 Å². The number of phosphoric ester groups is 3. The van der Waals surface area contributed by atoms with Crippen molar-refractivity contribution >= 4 is 69.1 Å². The quantitative estimate of drug-likeness (QED) is 0.0254. The Morgan fingerprint density at radius 3 is 1.95 bits per heavy atom. The van der Waals surface area contributed by atoms with Crippen molar-refractivity contribution in [3.05, 3.63) is 61.3 Å². The summed E-state index contributed by atoms with van der Waals surface area (Å²) in [5.74, 6) is -1.34. The molecule has 2 unspecified atom stereocenters. The minimum atomic E-state index is -5.94. The number of thioether (sulfide) groups is 1. The molecule has 0 aliphatic carbocycles. The molecule has 1 aliphatic heterocycles. The monoisotopic (exact) mass is 1230 g/mol. The summed E-state index contributed by atoms with van der Waals surface area (Å²) in [6.07, 6.45) is 32.3.